The molecule has 0 fully saturated rings. The van der Waals surface area contributed by atoms with Crippen LogP contribution in [0.3, 0.4) is 0 Å². The topological polar surface area (TPSA) is 41.1 Å². The minimum atomic E-state index is -0.182. The van der Waals surface area contributed by atoms with Crippen LogP contribution in [0.1, 0.15) is 24.2 Å². The Morgan fingerprint density at radius 2 is 2.12 bits per heavy atom. The second kappa shape index (κ2) is 6.45. The summed E-state index contributed by atoms with van der Waals surface area (Å²) in [5.74, 6) is -0.182. The maximum atomic E-state index is 11.6. The standard InChI is InChI=1S/C10H14Cl2N2OS/c1-6(2)13-3-4-14-10(15)7-5-8(11)16-9(7)12/h5-6,13H,3-4H2,1-2H3,(H,14,15). The normalized spacial score (nSPS) is 10.8. The van der Waals surface area contributed by atoms with E-state index in [0.29, 0.717) is 26.8 Å². The van der Waals surface area contributed by atoms with Crippen molar-refractivity contribution in [2.45, 2.75) is 19.9 Å². The smallest absolute Gasteiger partial charge is 0.253 e. The van der Waals surface area contributed by atoms with E-state index < -0.39 is 0 Å². The molecule has 1 aromatic heterocycles. The fraction of sp³-hybridized carbons (Fsp3) is 0.500. The number of nitrogens with one attached hydrogen (secondary N) is 2. The molecule has 1 rings (SSSR count). The van der Waals surface area contributed by atoms with Crippen LogP contribution in [0.4, 0.5) is 0 Å². The lowest BCUT2D eigenvalue weighted by atomic mass is 10.3. The molecule has 6 heteroatoms. The molecule has 0 spiro atoms. The van der Waals surface area contributed by atoms with Crippen molar-refractivity contribution >= 4 is 40.4 Å². The molecule has 3 nitrogen and oxygen atoms in total. The molecule has 0 unspecified atom stereocenters. The van der Waals surface area contributed by atoms with Crippen molar-refractivity contribution in [2.75, 3.05) is 13.1 Å². The van der Waals surface area contributed by atoms with Gasteiger partial charge < -0.3 is 10.6 Å². The Bertz CT molecular complexity index is 366. The predicted molar refractivity (Wildman–Crippen MR) is 69.8 cm³/mol. The number of thiophene rings is 1. The zero-order valence-corrected chi connectivity index (χ0v) is 11.5. The first-order valence-corrected chi connectivity index (χ1v) is 6.54. The van der Waals surface area contributed by atoms with E-state index in [2.05, 4.69) is 24.5 Å². The lowest BCUT2D eigenvalue weighted by Gasteiger charge is -2.08. The highest BCUT2D eigenvalue weighted by Crippen LogP contribution is 2.30. The van der Waals surface area contributed by atoms with Gasteiger partial charge in [0.2, 0.25) is 0 Å². The highest BCUT2D eigenvalue weighted by Gasteiger charge is 2.13. The van der Waals surface area contributed by atoms with E-state index in [1.165, 1.54) is 11.3 Å². The van der Waals surface area contributed by atoms with Gasteiger partial charge in [-0.15, -0.1) is 11.3 Å². The van der Waals surface area contributed by atoms with Crippen molar-refractivity contribution in [2.24, 2.45) is 0 Å². The highest BCUT2D eigenvalue weighted by molar-refractivity contribution is 7.20. The first kappa shape index (κ1) is 13.8. The monoisotopic (exact) mass is 280 g/mol. The molecule has 0 radical (unpaired) electrons. The number of carbonyl (C=O) groups is 1. The van der Waals surface area contributed by atoms with Crippen LogP contribution in [0.15, 0.2) is 6.07 Å². The van der Waals surface area contributed by atoms with Crippen LogP contribution in [0.25, 0.3) is 0 Å². The molecule has 0 saturated heterocycles. The van der Waals surface area contributed by atoms with E-state index in [1.54, 1.807) is 6.07 Å². The summed E-state index contributed by atoms with van der Waals surface area (Å²) in [6.07, 6.45) is 0. The molecule has 0 aliphatic heterocycles. The van der Waals surface area contributed by atoms with Crippen LogP contribution < -0.4 is 10.6 Å². The van der Waals surface area contributed by atoms with Crippen molar-refractivity contribution in [3.05, 3.63) is 20.3 Å². The van der Waals surface area contributed by atoms with Crippen LogP contribution in [-0.4, -0.2) is 25.0 Å². The van der Waals surface area contributed by atoms with Crippen LogP contribution in [0.2, 0.25) is 8.67 Å². The Kier molecular flexibility index (Phi) is 5.55. The lowest BCUT2D eigenvalue weighted by Crippen LogP contribution is -2.34. The number of hydrogen-bond acceptors (Lipinski definition) is 3. The molecule has 1 amide bonds. The summed E-state index contributed by atoms with van der Waals surface area (Å²) in [5.41, 5.74) is 0.446. The van der Waals surface area contributed by atoms with Gasteiger partial charge in [-0.25, -0.2) is 0 Å². The van der Waals surface area contributed by atoms with E-state index in [-0.39, 0.29) is 5.91 Å². The Balaban J connectivity index is 2.38. The Morgan fingerprint density at radius 1 is 1.44 bits per heavy atom. The molecule has 0 saturated carbocycles. The van der Waals surface area contributed by atoms with Gasteiger partial charge >= 0.3 is 0 Å². The quantitative estimate of drug-likeness (QED) is 0.815. The molecule has 1 heterocycles. The summed E-state index contributed by atoms with van der Waals surface area (Å²) in [4.78, 5) is 11.6. The van der Waals surface area contributed by atoms with Gasteiger partial charge in [0.15, 0.2) is 0 Å². The van der Waals surface area contributed by atoms with Crippen LogP contribution >= 0.6 is 34.5 Å². The zero-order chi connectivity index (χ0) is 12.1. The second-order valence-corrected chi connectivity index (χ2v) is 5.89. The lowest BCUT2D eigenvalue weighted by molar-refractivity contribution is 0.0954. The van der Waals surface area contributed by atoms with Gasteiger partial charge in [0.25, 0.3) is 5.91 Å². The Hall–Kier alpha value is -0.290. The van der Waals surface area contributed by atoms with E-state index >= 15 is 0 Å². The maximum absolute atomic E-state index is 11.6. The largest absolute Gasteiger partial charge is 0.351 e. The average molecular weight is 281 g/mol. The van der Waals surface area contributed by atoms with Gasteiger partial charge in [-0.1, -0.05) is 37.0 Å². The van der Waals surface area contributed by atoms with Gasteiger partial charge in [0.1, 0.15) is 4.34 Å². The number of carbonyl (C=O) groups excluding carboxylic acids is 1. The minimum Gasteiger partial charge on any atom is -0.351 e. The van der Waals surface area contributed by atoms with E-state index in [9.17, 15) is 4.79 Å². The molecule has 0 bridgehead atoms. The fourth-order valence-electron chi connectivity index (χ4n) is 1.13. The minimum absolute atomic E-state index is 0.182. The number of amides is 1. The average Bonchev–Trinajstić information content (AvgIpc) is 2.52. The summed E-state index contributed by atoms with van der Waals surface area (Å²) in [6.45, 7) is 5.41. The molecule has 16 heavy (non-hydrogen) atoms. The van der Waals surface area contributed by atoms with Gasteiger partial charge in [-0.05, 0) is 6.07 Å². The molecule has 0 atom stereocenters. The molecule has 0 aliphatic carbocycles. The van der Waals surface area contributed by atoms with E-state index in [0.717, 1.165) is 6.54 Å². The van der Waals surface area contributed by atoms with Gasteiger partial charge in [-0.3, -0.25) is 4.79 Å². The molecule has 2 N–H and O–H groups in total. The summed E-state index contributed by atoms with van der Waals surface area (Å²) in [5, 5.41) is 5.97. The van der Waals surface area contributed by atoms with Crippen molar-refractivity contribution in [1.29, 1.82) is 0 Å². The van der Waals surface area contributed by atoms with Crippen molar-refractivity contribution in [3.63, 3.8) is 0 Å². The molecule has 0 aliphatic rings. The third kappa shape index (κ3) is 4.29. The van der Waals surface area contributed by atoms with Gasteiger partial charge in [0.05, 0.1) is 9.90 Å². The third-order valence-corrected chi connectivity index (χ3v) is 3.35. The predicted octanol–water partition coefficient (Wildman–Crippen LogP) is 2.78. The number of rotatable bonds is 5. The van der Waals surface area contributed by atoms with E-state index in [1.807, 2.05) is 0 Å². The zero-order valence-electron chi connectivity index (χ0n) is 9.14. The van der Waals surface area contributed by atoms with Crippen molar-refractivity contribution < 1.29 is 4.79 Å². The van der Waals surface area contributed by atoms with Crippen molar-refractivity contribution in [3.8, 4) is 0 Å². The molecule has 90 valence electrons. The maximum Gasteiger partial charge on any atom is 0.253 e. The number of halogens is 2. The van der Waals surface area contributed by atoms with Crippen molar-refractivity contribution in [1.82, 2.24) is 10.6 Å². The Labute approximate surface area is 109 Å². The molecule has 0 aromatic carbocycles. The number of hydrogen-bond donors (Lipinski definition) is 2. The summed E-state index contributed by atoms with van der Waals surface area (Å²) in [6, 6.07) is 2.00. The van der Waals surface area contributed by atoms with Gasteiger partial charge in [0, 0.05) is 19.1 Å². The molecular weight excluding hydrogens is 267 g/mol. The third-order valence-electron chi connectivity index (χ3n) is 1.86. The Morgan fingerprint density at radius 3 is 2.62 bits per heavy atom. The molecule has 1 aromatic rings. The first-order valence-electron chi connectivity index (χ1n) is 4.97. The van der Waals surface area contributed by atoms with E-state index in [4.69, 9.17) is 23.2 Å². The summed E-state index contributed by atoms with van der Waals surface area (Å²) < 4.78 is 0.953. The molecular formula is C10H14Cl2N2OS. The van der Waals surface area contributed by atoms with Crippen LogP contribution in [0.5, 0.6) is 0 Å². The first-order chi connectivity index (χ1) is 7.50. The van der Waals surface area contributed by atoms with Crippen LogP contribution in [-0.2, 0) is 0 Å². The summed E-state index contributed by atoms with van der Waals surface area (Å²) >= 11 is 12.8. The van der Waals surface area contributed by atoms with Crippen LogP contribution in [0, 0.1) is 0 Å². The SMILES string of the molecule is CC(C)NCCNC(=O)c1cc(Cl)sc1Cl. The second-order valence-electron chi connectivity index (χ2n) is 3.60. The summed E-state index contributed by atoms with van der Waals surface area (Å²) in [7, 11) is 0. The highest BCUT2D eigenvalue weighted by atomic mass is 35.5. The fourth-order valence-corrected chi connectivity index (χ4v) is 2.59. The van der Waals surface area contributed by atoms with Gasteiger partial charge in [-0.2, -0.15) is 0 Å².